The highest BCUT2D eigenvalue weighted by molar-refractivity contribution is 5.95. The first-order valence-corrected chi connectivity index (χ1v) is 8.73. The summed E-state index contributed by atoms with van der Waals surface area (Å²) in [5.74, 6) is -0.537. The molecule has 1 aliphatic rings. The van der Waals surface area contributed by atoms with E-state index in [2.05, 4.69) is 6.92 Å². The van der Waals surface area contributed by atoms with Gasteiger partial charge in [-0.15, -0.1) is 0 Å². The normalized spacial score (nSPS) is 17.4. The monoisotopic (exact) mass is 337 g/mol. The molecule has 0 spiro atoms. The number of hydrogen-bond donors (Lipinski definition) is 0. The van der Waals surface area contributed by atoms with Gasteiger partial charge in [-0.3, -0.25) is 4.79 Å². The maximum absolute atomic E-state index is 13.1. The molecule has 0 radical (unpaired) electrons. The summed E-state index contributed by atoms with van der Waals surface area (Å²) in [4.78, 5) is 27.2. The van der Waals surface area contributed by atoms with Crippen molar-refractivity contribution in [1.82, 2.24) is 4.90 Å². The minimum Gasteiger partial charge on any atom is -0.448 e. The van der Waals surface area contributed by atoms with Gasteiger partial charge in [0.25, 0.3) is 5.91 Å². The lowest BCUT2D eigenvalue weighted by Crippen LogP contribution is -2.47. The Morgan fingerprint density at radius 3 is 2.56 bits per heavy atom. The third-order valence-electron chi connectivity index (χ3n) is 4.77. The predicted molar refractivity (Wildman–Crippen MR) is 96.1 cm³/mol. The standard InChI is InChI=1S/C21H23NO3/c1-3-15(2)22(14-16-9-5-4-6-10-16)20(23)19-13-17-11-7-8-12-18(17)21(24)25-19/h4-12,15,19H,3,13-14H2,1-2H3. The van der Waals surface area contributed by atoms with Crippen LogP contribution in [0.1, 0.15) is 41.8 Å². The number of carbonyl (C=O) groups is 2. The van der Waals surface area contributed by atoms with E-state index in [4.69, 9.17) is 4.74 Å². The van der Waals surface area contributed by atoms with Crippen LogP contribution in [0.2, 0.25) is 0 Å². The number of cyclic esters (lactones) is 1. The molecule has 1 aliphatic heterocycles. The van der Waals surface area contributed by atoms with Gasteiger partial charge in [-0.1, -0.05) is 55.5 Å². The zero-order chi connectivity index (χ0) is 17.8. The SMILES string of the molecule is CCC(C)N(Cc1ccccc1)C(=O)C1Cc2ccccc2C(=O)O1. The summed E-state index contributed by atoms with van der Waals surface area (Å²) < 4.78 is 5.46. The van der Waals surface area contributed by atoms with Gasteiger partial charge in [0.05, 0.1) is 5.56 Å². The van der Waals surface area contributed by atoms with Gasteiger partial charge < -0.3 is 9.64 Å². The third kappa shape index (κ3) is 3.73. The molecule has 1 heterocycles. The van der Waals surface area contributed by atoms with Gasteiger partial charge in [-0.25, -0.2) is 4.79 Å². The van der Waals surface area contributed by atoms with Crippen molar-refractivity contribution in [2.45, 2.75) is 45.4 Å². The Kier molecular flexibility index (Phi) is 5.17. The molecule has 0 fully saturated rings. The van der Waals surface area contributed by atoms with E-state index in [1.807, 2.05) is 60.4 Å². The minimum atomic E-state index is -0.750. The molecule has 4 nitrogen and oxygen atoms in total. The van der Waals surface area contributed by atoms with Crippen molar-refractivity contribution in [3.05, 3.63) is 71.3 Å². The van der Waals surface area contributed by atoms with Gasteiger partial charge >= 0.3 is 5.97 Å². The summed E-state index contributed by atoms with van der Waals surface area (Å²) in [7, 11) is 0. The molecule has 1 amide bonds. The fourth-order valence-corrected chi connectivity index (χ4v) is 3.11. The van der Waals surface area contributed by atoms with E-state index >= 15 is 0 Å². The van der Waals surface area contributed by atoms with Crippen LogP contribution in [0.15, 0.2) is 54.6 Å². The Morgan fingerprint density at radius 2 is 1.84 bits per heavy atom. The van der Waals surface area contributed by atoms with Crippen molar-refractivity contribution >= 4 is 11.9 Å². The Bertz CT molecular complexity index is 757. The van der Waals surface area contributed by atoms with Gasteiger partial charge in [0.1, 0.15) is 0 Å². The molecular formula is C21H23NO3. The van der Waals surface area contributed by atoms with E-state index in [9.17, 15) is 9.59 Å². The highest BCUT2D eigenvalue weighted by Crippen LogP contribution is 2.23. The van der Waals surface area contributed by atoms with Crippen molar-refractivity contribution in [3.63, 3.8) is 0 Å². The summed E-state index contributed by atoms with van der Waals surface area (Å²) in [6, 6.07) is 17.3. The quantitative estimate of drug-likeness (QED) is 0.783. The van der Waals surface area contributed by atoms with Crippen LogP contribution in [-0.4, -0.2) is 28.9 Å². The van der Waals surface area contributed by atoms with Gasteiger partial charge in [0, 0.05) is 19.0 Å². The number of amides is 1. The average Bonchev–Trinajstić information content (AvgIpc) is 2.65. The van der Waals surface area contributed by atoms with E-state index < -0.39 is 12.1 Å². The van der Waals surface area contributed by atoms with E-state index in [1.54, 1.807) is 6.07 Å². The zero-order valence-electron chi connectivity index (χ0n) is 14.6. The Balaban J connectivity index is 1.82. The van der Waals surface area contributed by atoms with Crippen molar-refractivity contribution in [3.8, 4) is 0 Å². The summed E-state index contributed by atoms with van der Waals surface area (Å²) in [5, 5.41) is 0. The number of ether oxygens (including phenoxy) is 1. The second kappa shape index (κ2) is 7.51. The first-order chi connectivity index (χ1) is 12.1. The second-order valence-corrected chi connectivity index (χ2v) is 6.46. The maximum Gasteiger partial charge on any atom is 0.339 e. The first kappa shape index (κ1) is 17.2. The molecule has 2 atom stereocenters. The van der Waals surface area contributed by atoms with Gasteiger partial charge in [0.2, 0.25) is 0 Å². The van der Waals surface area contributed by atoms with Gasteiger partial charge in [-0.2, -0.15) is 0 Å². The highest BCUT2D eigenvalue weighted by Gasteiger charge is 2.35. The fourth-order valence-electron chi connectivity index (χ4n) is 3.11. The van der Waals surface area contributed by atoms with Gasteiger partial charge in [-0.05, 0) is 30.5 Å². The number of carbonyl (C=O) groups excluding carboxylic acids is 2. The lowest BCUT2D eigenvalue weighted by atomic mass is 9.97. The summed E-state index contributed by atoms with van der Waals surface area (Å²) in [6.45, 7) is 4.60. The van der Waals surface area contributed by atoms with Crippen LogP contribution in [0.3, 0.4) is 0 Å². The van der Waals surface area contributed by atoms with E-state index in [0.29, 0.717) is 18.5 Å². The van der Waals surface area contributed by atoms with Crippen LogP contribution in [0.4, 0.5) is 0 Å². The van der Waals surface area contributed by atoms with Crippen molar-refractivity contribution in [2.75, 3.05) is 0 Å². The predicted octanol–water partition coefficient (Wildman–Crippen LogP) is 3.60. The Labute approximate surface area is 148 Å². The Hall–Kier alpha value is -2.62. The molecule has 0 aliphatic carbocycles. The van der Waals surface area contributed by atoms with Crippen LogP contribution in [0.25, 0.3) is 0 Å². The molecule has 0 saturated carbocycles. The lowest BCUT2D eigenvalue weighted by Gasteiger charge is -2.33. The van der Waals surface area contributed by atoms with Crippen molar-refractivity contribution in [1.29, 1.82) is 0 Å². The number of hydrogen-bond acceptors (Lipinski definition) is 3. The Morgan fingerprint density at radius 1 is 1.16 bits per heavy atom. The van der Waals surface area contributed by atoms with Gasteiger partial charge in [0.15, 0.2) is 6.10 Å². The topological polar surface area (TPSA) is 46.6 Å². The summed E-state index contributed by atoms with van der Waals surface area (Å²) in [5.41, 5.74) is 2.50. The lowest BCUT2D eigenvalue weighted by molar-refractivity contribution is -0.144. The number of rotatable bonds is 5. The third-order valence-corrected chi connectivity index (χ3v) is 4.77. The smallest absolute Gasteiger partial charge is 0.339 e. The van der Waals surface area contributed by atoms with Crippen LogP contribution in [0.5, 0.6) is 0 Å². The largest absolute Gasteiger partial charge is 0.448 e. The molecular weight excluding hydrogens is 314 g/mol. The zero-order valence-corrected chi connectivity index (χ0v) is 14.6. The molecule has 0 bridgehead atoms. The molecule has 0 N–H and O–H groups in total. The van der Waals surface area contributed by atoms with Crippen LogP contribution in [0, 0.1) is 0 Å². The average molecular weight is 337 g/mol. The highest BCUT2D eigenvalue weighted by atomic mass is 16.5. The number of benzene rings is 2. The van der Waals surface area contributed by atoms with Crippen molar-refractivity contribution in [2.24, 2.45) is 0 Å². The van der Waals surface area contributed by atoms with E-state index in [1.165, 1.54) is 0 Å². The maximum atomic E-state index is 13.1. The van der Waals surface area contributed by atoms with Crippen LogP contribution < -0.4 is 0 Å². The van der Waals surface area contributed by atoms with E-state index in [0.717, 1.165) is 17.5 Å². The molecule has 2 unspecified atom stereocenters. The van der Waals surface area contributed by atoms with Crippen LogP contribution >= 0.6 is 0 Å². The molecule has 0 saturated heterocycles. The second-order valence-electron chi connectivity index (χ2n) is 6.46. The number of fused-ring (bicyclic) bond motifs is 1. The van der Waals surface area contributed by atoms with E-state index in [-0.39, 0.29) is 11.9 Å². The number of nitrogens with zero attached hydrogens (tertiary/aromatic N) is 1. The first-order valence-electron chi connectivity index (χ1n) is 8.73. The fraction of sp³-hybridized carbons (Fsp3) is 0.333. The number of esters is 1. The molecule has 25 heavy (non-hydrogen) atoms. The summed E-state index contributed by atoms with van der Waals surface area (Å²) in [6.07, 6.45) is 0.526. The molecule has 2 aromatic carbocycles. The molecule has 4 heteroatoms. The molecule has 130 valence electrons. The summed E-state index contributed by atoms with van der Waals surface area (Å²) >= 11 is 0. The minimum absolute atomic E-state index is 0.0728. The molecule has 2 aromatic rings. The molecule has 0 aromatic heterocycles. The van der Waals surface area contributed by atoms with Crippen LogP contribution in [-0.2, 0) is 22.5 Å². The molecule has 3 rings (SSSR count). The van der Waals surface area contributed by atoms with Crippen molar-refractivity contribution < 1.29 is 14.3 Å².